The largest absolute Gasteiger partial charge is 0.493 e. The minimum Gasteiger partial charge on any atom is -0.493 e. The lowest BCUT2D eigenvalue weighted by Crippen LogP contribution is -2.43. The first kappa shape index (κ1) is 29.6. The third kappa shape index (κ3) is 7.54. The molecule has 3 rings (SSSR count). The Bertz CT molecular complexity index is 1080. The number of methoxy groups -OCH3 is 1. The van der Waals surface area contributed by atoms with Crippen molar-refractivity contribution < 1.29 is 28.2 Å². The minimum atomic E-state index is -0.475. The molecule has 1 N–H and O–H groups in total. The van der Waals surface area contributed by atoms with Crippen LogP contribution in [0.1, 0.15) is 74.1 Å². The molecule has 8 heteroatoms. The molecule has 2 amide bonds. The third-order valence-corrected chi connectivity index (χ3v) is 6.91. The van der Waals surface area contributed by atoms with Gasteiger partial charge in [0.15, 0.2) is 0 Å². The summed E-state index contributed by atoms with van der Waals surface area (Å²) in [5.74, 6) is -0.445. The van der Waals surface area contributed by atoms with Crippen molar-refractivity contribution in [2.45, 2.75) is 71.5 Å². The van der Waals surface area contributed by atoms with Crippen molar-refractivity contribution >= 4 is 11.8 Å². The number of amides is 2. The second-order valence-electron chi connectivity index (χ2n) is 10.0. The molecule has 0 unspecified atom stereocenters. The molecule has 7 nitrogen and oxygen atoms in total. The number of carbonyl (C=O) groups is 2. The Morgan fingerprint density at radius 2 is 1.76 bits per heavy atom. The Hall–Kier alpha value is -2.97. The average molecular weight is 529 g/mol. The summed E-state index contributed by atoms with van der Waals surface area (Å²) in [4.78, 5) is 28.3. The Kier molecular flexibility index (Phi) is 11.1. The minimum absolute atomic E-state index is 0.0200. The molecule has 0 spiro atoms. The molecule has 38 heavy (non-hydrogen) atoms. The van der Waals surface area contributed by atoms with Crippen LogP contribution in [-0.4, -0.2) is 68.4 Å². The third-order valence-electron chi connectivity index (χ3n) is 6.91. The molecule has 1 heterocycles. The lowest BCUT2D eigenvalue weighted by molar-refractivity contribution is 0.0620. The number of rotatable bonds is 12. The Morgan fingerprint density at radius 1 is 1.05 bits per heavy atom. The molecule has 1 atom stereocenters. The highest BCUT2D eigenvalue weighted by Crippen LogP contribution is 2.34. The maximum Gasteiger partial charge on any atom is 0.254 e. The second kappa shape index (κ2) is 14.3. The quantitative estimate of drug-likeness (QED) is 0.370. The molecule has 2 aromatic carbocycles. The van der Waals surface area contributed by atoms with Gasteiger partial charge < -0.3 is 24.4 Å². The van der Waals surface area contributed by atoms with Crippen LogP contribution in [0.2, 0.25) is 0 Å². The zero-order valence-electron chi connectivity index (χ0n) is 23.2. The summed E-state index contributed by atoms with van der Waals surface area (Å²) < 4.78 is 31.7. The van der Waals surface area contributed by atoms with Crippen molar-refractivity contribution in [2.24, 2.45) is 0 Å². The van der Waals surface area contributed by atoms with E-state index in [1.54, 1.807) is 31.4 Å². The number of nitrogens with one attached hydrogen (secondary N) is 1. The highest BCUT2D eigenvalue weighted by atomic mass is 19.1. The van der Waals surface area contributed by atoms with Gasteiger partial charge in [0.1, 0.15) is 11.6 Å². The van der Waals surface area contributed by atoms with E-state index in [4.69, 9.17) is 14.2 Å². The fraction of sp³-hybridized carbons (Fsp3) is 0.533. The van der Waals surface area contributed by atoms with Crippen molar-refractivity contribution in [2.75, 3.05) is 33.5 Å². The van der Waals surface area contributed by atoms with Gasteiger partial charge in [-0.3, -0.25) is 9.59 Å². The highest BCUT2D eigenvalue weighted by molar-refractivity contribution is 5.97. The van der Waals surface area contributed by atoms with E-state index in [9.17, 15) is 9.59 Å². The van der Waals surface area contributed by atoms with E-state index in [2.05, 4.69) is 12.2 Å². The summed E-state index contributed by atoms with van der Waals surface area (Å²) in [5.41, 5.74) is 1.56. The molecule has 1 saturated heterocycles. The monoisotopic (exact) mass is 528 g/mol. The van der Waals surface area contributed by atoms with E-state index < -0.39 is 5.82 Å². The SMILES string of the molecule is CC[C@@H](C)N(C(=O)c1ccc(-c2cc(C(=O)NC3CCOCC3)ccc2F)c(OCCCOC)c1)C(C)C. The second-order valence-corrected chi connectivity index (χ2v) is 10.0. The molecule has 0 aliphatic carbocycles. The van der Waals surface area contributed by atoms with Gasteiger partial charge in [-0.15, -0.1) is 0 Å². The van der Waals surface area contributed by atoms with Crippen molar-refractivity contribution in [3.05, 3.63) is 53.3 Å². The van der Waals surface area contributed by atoms with Crippen LogP contribution in [0.5, 0.6) is 5.75 Å². The molecule has 1 aliphatic rings. The standard InChI is InChI=1S/C30H41FN2O5/c1-6-21(4)33(20(2)3)30(35)23-8-10-25(28(19-23)38-15-7-14-36-5)26-18-22(9-11-27(26)31)29(34)32-24-12-16-37-17-13-24/h8-11,18-21,24H,6-7,12-17H2,1-5H3,(H,32,34)/t21-/m1/s1. The van der Waals surface area contributed by atoms with Gasteiger partial charge in [0.05, 0.1) is 6.61 Å². The number of nitrogens with zero attached hydrogens (tertiary/aromatic N) is 1. The van der Waals surface area contributed by atoms with Crippen molar-refractivity contribution in [1.82, 2.24) is 10.2 Å². The molecule has 1 aliphatic heterocycles. The summed E-state index contributed by atoms with van der Waals surface area (Å²) >= 11 is 0. The lowest BCUT2D eigenvalue weighted by Gasteiger charge is -2.32. The fourth-order valence-electron chi connectivity index (χ4n) is 4.66. The van der Waals surface area contributed by atoms with E-state index in [0.717, 1.165) is 19.3 Å². The van der Waals surface area contributed by atoms with Crippen LogP contribution < -0.4 is 10.1 Å². The van der Waals surface area contributed by atoms with Gasteiger partial charge in [0.25, 0.3) is 11.8 Å². The van der Waals surface area contributed by atoms with Gasteiger partial charge in [0.2, 0.25) is 0 Å². The highest BCUT2D eigenvalue weighted by Gasteiger charge is 2.25. The van der Waals surface area contributed by atoms with Crippen LogP contribution >= 0.6 is 0 Å². The first-order chi connectivity index (χ1) is 18.3. The number of benzene rings is 2. The molecule has 0 saturated carbocycles. The lowest BCUT2D eigenvalue weighted by atomic mass is 9.98. The van der Waals surface area contributed by atoms with Crippen molar-refractivity contribution in [3.63, 3.8) is 0 Å². The maximum atomic E-state index is 15.1. The van der Waals surface area contributed by atoms with E-state index in [-0.39, 0.29) is 35.5 Å². The van der Waals surface area contributed by atoms with Gasteiger partial charge in [-0.25, -0.2) is 4.39 Å². The van der Waals surface area contributed by atoms with Gasteiger partial charge in [-0.2, -0.15) is 0 Å². The zero-order valence-corrected chi connectivity index (χ0v) is 23.2. The number of hydrogen-bond acceptors (Lipinski definition) is 5. The molecule has 2 aromatic rings. The van der Waals surface area contributed by atoms with Crippen LogP contribution in [0.25, 0.3) is 11.1 Å². The fourth-order valence-corrected chi connectivity index (χ4v) is 4.66. The molecule has 0 radical (unpaired) electrons. The zero-order chi connectivity index (χ0) is 27.7. The van der Waals surface area contributed by atoms with Crippen molar-refractivity contribution in [1.29, 1.82) is 0 Å². The van der Waals surface area contributed by atoms with Crippen molar-refractivity contribution in [3.8, 4) is 16.9 Å². The van der Waals surface area contributed by atoms with Crippen LogP contribution in [0, 0.1) is 5.82 Å². The topological polar surface area (TPSA) is 77.1 Å². The predicted molar refractivity (Wildman–Crippen MR) is 146 cm³/mol. The summed E-state index contributed by atoms with van der Waals surface area (Å²) in [7, 11) is 1.62. The van der Waals surface area contributed by atoms with Gasteiger partial charge >= 0.3 is 0 Å². The van der Waals surface area contributed by atoms with E-state index in [0.29, 0.717) is 55.3 Å². The van der Waals surface area contributed by atoms with Crippen LogP contribution in [0.15, 0.2) is 36.4 Å². The first-order valence-electron chi connectivity index (χ1n) is 13.5. The number of carbonyl (C=O) groups excluding carboxylic acids is 2. The molecular formula is C30H41FN2O5. The van der Waals surface area contributed by atoms with E-state index in [1.165, 1.54) is 12.1 Å². The predicted octanol–water partition coefficient (Wildman–Crippen LogP) is 5.47. The smallest absolute Gasteiger partial charge is 0.254 e. The van der Waals surface area contributed by atoms with Gasteiger partial charge in [-0.1, -0.05) is 6.92 Å². The molecule has 208 valence electrons. The summed E-state index contributed by atoms with van der Waals surface area (Å²) in [6, 6.07) is 9.52. The Labute approximate surface area is 225 Å². The normalized spacial score (nSPS) is 14.8. The van der Waals surface area contributed by atoms with Gasteiger partial charge in [-0.05, 0) is 76.4 Å². The molecular weight excluding hydrogens is 487 g/mol. The number of hydrogen-bond donors (Lipinski definition) is 1. The first-order valence-corrected chi connectivity index (χ1v) is 13.5. The molecule has 0 bridgehead atoms. The summed E-state index contributed by atoms with van der Waals surface area (Å²) in [5, 5.41) is 3.02. The van der Waals surface area contributed by atoms with Crippen LogP contribution in [-0.2, 0) is 9.47 Å². The molecule has 1 fully saturated rings. The van der Waals surface area contributed by atoms with Crippen LogP contribution in [0.3, 0.4) is 0 Å². The van der Waals surface area contributed by atoms with E-state index in [1.807, 2.05) is 25.7 Å². The molecule has 0 aromatic heterocycles. The van der Waals surface area contributed by atoms with E-state index >= 15 is 4.39 Å². The van der Waals surface area contributed by atoms with Gasteiger partial charge in [0, 0.05) is 73.7 Å². The average Bonchev–Trinajstić information content (AvgIpc) is 2.91. The Balaban J connectivity index is 1.96. The number of halogens is 1. The Morgan fingerprint density at radius 3 is 2.42 bits per heavy atom. The van der Waals surface area contributed by atoms with Crippen LogP contribution in [0.4, 0.5) is 4.39 Å². The summed E-state index contributed by atoms with van der Waals surface area (Å²) in [6.45, 7) is 10.1. The summed E-state index contributed by atoms with van der Waals surface area (Å²) in [6.07, 6.45) is 2.96. The number of ether oxygens (including phenoxy) is 3. The maximum absolute atomic E-state index is 15.1.